The number of anilines is 1. The topological polar surface area (TPSA) is 24.9 Å². The number of hydrogen-bond donors (Lipinski definition) is 1. The number of rotatable bonds is 2. The molecule has 1 fully saturated rings. The molecule has 0 aliphatic heterocycles. The van der Waals surface area contributed by atoms with Gasteiger partial charge in [0.2, 0.25) is 0 Å². The van der Waals surface area contributed by atoms with Crippen molar-refractivity contribution in [2.45, 2.75) is 31.7 Å². The fraction of sp³-hybridized carbons (Fsp3) is 0.417. The van der Waals surface area contributed by atoms with Crippen LogP contribution < -0.4 is 5.32 Å². The van der Waals surface area contributed by atoms with Crippen molar-refractivity contribution in [3.63, 3.8) is 0 Å². The lowest BCUT2D eigenvalue weighted by Gasteiger charge is -2.09. The van der Waals surface area contributed by atoms with E-state index in [2.05, 4.69) is 28.5 Å². The van der Waals surface area contributed by atoms with Gasteiger partial charge in [0.05, 0.1) is 10.2 Å². The number of fused-ring (bicyclic) bond motifs is 1. The number of nitrogens with zero attached hydrogens (tertiary/aromatic N) is 1. The highest BCUT2D eigenvalue weighted by molar-refractivity contribution is 7.22. The van der Waals surface area contributed by atoms with E-state index in [9.17, 15) is 0 Å². The van der Waals surface area contributed by atoms with Crippen LogP contribution in [0.15, 0.2) is 24.3 Å². The predicted molar refractivity (Wildman–Crippen MR) is 65.5 cm³/mol. The van der Waals surface area contributed by atoms with Crippen molar-refractivity contribution in [1.29, 1.82) is 0 Å². The van der Waals surface area contributed by atoms with Gasteiger partial charge in [0, 0.05) is 6.04 Å². The molecule has 0 atom stereocenters. The number of aromatic nitrogens is 1. The Morgan fingerprint density at radius 1 is 1.20 bits per heavy atom. The van der Waals surface area contributed by atoms with Gasteiger partial charge in [-0.1, -0.05) is 36.3 Å². The summed E-state index contributed by atoms with van der Waals surface area (Å²) in [5.74, 6) is 0. The molecule has 3 heteroatoms. The first-order valence-corrected chi connectivity index (χ1v) is 6.35. The van der Waals surface area contributed by atoms with Crippen molar-refractivity contribution in [3.05, 3.63) is 24.3 Å². The lowest BCUT2D eigenvalue weighted by Crippen LogP contribution is -2.13. The molecule has 2 nitrogen and oxygen atoms in total. The number of thiazole rings is 1. The molecule has 0 bridgehead atoms. The van der Waals surface area contributed by atoms with E-state index in [1.54, 1.807) is 11.3 Å². The Bertz CT molecular complexity index is 424. The van der Waals surface area contributed by atoms with E-state index < -0.39 is 0 Å². The van der Waals surface area contributed by atoms with E-state index in [4.69, 9.17) is 0 Å². The Hall–Kier alpha value is -1.09. The van der Waals surface area contributed by atoms with Crippen LogP contribution in [0.5, 0.6) is 0 Å². The van der Waals surface area contributed by atoms with Gasteiger partial charge in [-0.3, -0.25) is 0 Å². The van der Waals surface area contributed by atoms with Crippen LogP contribution in [0.2, 0.25) is 0 Å². The van der Waals surface area contributed by atoms with E-state index in [-0.39, 0.29) is 0 Å². The second-order valence-electron chi connectivity index (χ2n) is 4.11. The van der Waals surface area contributed by atoms with Gasteiger partial charge in [-0.05, 0) is 25.0 Å². The van der Waals surface area contributed by atoms with Crippen molar-refractivity contribution >= 4 is 26.7 Å². The average molecular weight is 218 g/mol. The maximum absolute atomic E-state index is 4.58. The van der Waals surface area contributed by atoms with E-state index >= 15 is 0 Å². The summed E-state index contributed by atoms with van der Waals surface area (Å²) in [6.07, 6.45) is 5.33. The van der Waals surface area contributed by atoms with Gasteiger partial charge in [-0.15, -0.1) is 0 Å². The van der Waals surface area contributed by atoms with Gasteiger partial charge < -0.3 is 5.32 Å². The van der Waals surface area contributed by atoms with Crippen LogP contribution in [-0.4, -0.2) is 11.0 Å². The van der Waals surface area contributed by atoms with Crippen molar-refractivity contribution < 1.29 is 0 Å². The van der Waals surface area contributed by atoms with Crippen molar-refractivity contribution in [2.75, 3.05) is 5.32 Å². The third-order valence-corrected chi connectivity index (χ3v) is 3.94. The lowest BCUT2D eigenvalue weighted by atomic mass is 10.3. The molecule has 2 aromatic rings. The molecule has 0 amide bonds. The van der Waals surface area contributed by atoms with Crippen LogP contribution in [-0.2, 0) is 0 Å². The molecule has 3 rings (SSSR count). The Morgan fingerprint density at radius 2 is 2.00 bits per heavy atom. The molecule has 15 heavy (non-hydrogen) atoms. The van der Waals surface area contributed by atoms with Crippen LogP contribution in [0.3, 0.4) is 0 Å². The first-order chi connectivity index (χ1) is 7.42. The fourth-order valence-corrected chi connectivity index (χ4v) is 3.12. The summed E-state index contributed by atoms with van der Waals surface area (Å²) < 4.78 is 1.28. The standard InChI is InChI=1S/C12H14N2S/c1-2-6-9(5-1)13-12-14-10-7-3-4-8-11(10)15-12/h3-4,7-9H,1-2,5-6H2,(H,13,14). The first-order valence-electron chi connectivity index (χ1n) is 5.54. The van der Waals surface area contributed by atoms with Gasteiger partial charge in [0.15, 0.2) is 5.13 Å². The zero-order chi connectivity index (χ0) is 10.1. The molecule has 1 N–H and O–H groups in total. The highest BCUT2D eigenvalue weighted by atomic mass is 32.1. The maximum atomic E-state index is 4.58. The molecule has 1 aromatic carbocycles. The summed E-state index contributed by atoms with van der Waals surface area (Å²) in [6, 6.07) is 8.98. The van der Waals surface area contributed by atoms with E-state index in [1.165, 1.54) is 30.4 Å². The Morgan fingerprint density at radius 3 is 2.80 bits per heavy atom. The predicted octanol–water partition coefficient (Wildman–Crippen LogP) is 3.65. The summed E-state index contributed by atoms with van der Waals surface area (Å²) in [5, 5.41) is 4.62. The van der Waals surface area contributed by atoms with Gasteiger partial charge in [0.25, 0.3) is 0 Å². The summed E-state index contributed by atoms with van der Waals surface area (Å²) >= 11 is 1.76. The zero-order valence-electron chi connectivity index (χ0n) is 8.57. The van der Waals surface area contributed by atoms with Crippen LogP contribution >= 0.6 is 11.3 Å². The third-order valence-electron chi connectivity index (χ3n) is 2.98. The number of benzene rings is 1. The normalized spacial score (nSPS) is 17.3. The van der Waals surface area contributed by atoms with Gasteiger partial charge in [-0.2, -0.15) is 0 Å². The highest BCUT2D eigenvalue weighted by Crippen LogP contribution is 2.28. The van der Waals surface area contributed by atoms with E-state index in [0.29, 0.717) is 6.04 Å². The van der Waals surface area contributed by atoms with Crippen LogP contribution in [0.25, 0.3) is 10.2 Å². The lowest BCUT2D eigenvalue weighted by molar-refractivity contribution is 0.754. The zero-order valence-corrected chi connectivity index (χ0v) is 9.39. The van der Waals surface area contributed by atoms with Crippen molar-refractivity contribution in [3.8, 4) is 0 Å². The molecule has 0 spiro atoms. The summed E-state index contributed by atoms with van der Waals surface area (Å²) in [5.41, 5.74) is 1.11. The minimum absolute atomic E-state index is 0.658. The maximum Gasteiger partial charge on any atom is 0.184 e. The van der Waals surface area contributed by atoms with E-state index in [0.717, 1.165) is 10.6 Å². The minimum atomic E-state index is 0.658. The Balaban J connectivity index is 1.84. The number of hydrogen-bond acceptors (Lipinski definition) is 3. The van der Waals surface area contributed by atoms with Crippen molar-refractivity contribution in [2.24, 2.45) is 0 Å². The number of para-hydroxylation sites is 1. The second-order valence-corrected chi connectivity index (χ2v) is 5.14. The van der Waals surface area contributed by atoms with Gasteiger partial charge >= 0.3 is 0 Å². The molecule has 0 saturated heterocycles. The molecule has 1 aromatic heterocycles. The first kappa shape index (κ1) is 9.16. The fourth-order valence-electron chi connectivity index (χ4n) is 2.18. The molecule has 0 radical (unpaired) electrons. The molecular formula is C12H14N2S. The molecule has 1 heterocycles. The molecular weight excluding hydrogens is 204 g/mol. The third kappa shape index (κ3) is 1.84. The molecule has 0 unspecified atom stereocenters. The van der Waals surface area contributed by atoms with Crippen LogP contribution in [0.1, 0.15) is 25.7 Å². The van der Waals surface area contributed by atoms with Crippen LogP contribution in [0.4, 0.5) is 5.13 Å². The Kier molecular flexibility index (Phi) is 2.33. The summed E-state index contributed by atoms with van der Waals surface area (Å²) in [4.78, 5) is 4.58. The van der Waals surface area contributed by atoms with Crippen LogP contribution in [0, 0.1) is 0 Å². The highest BCUT2D eigenvalue weighted by Gasteiger charge is 2.15. The summed E-state index contributed by atoms with van der Waals surface area (Å²) in [7, 11) is 0. The van der Waals surface area contributed by atoms with Crippen molar-refractivity contribution in [1.82, 2.24) is 4.98 Å². The minimum Gasteiger partial charge on any atom is -0.359 e. The molecule has 1 aliphatic carbocycles. The average Bonchev–Trinajstić information content (AvgIpc) is 2.86. The quantitative estimate of drug-likeness (QED) is 0.832. The summed E-state index contributed by atoms with van der Waals surface area (Å²) in [6.45, 7) is 0. The Labute approximate surface area is 93.3 Å². The second kappa shape index (κ2) is 3.81. The SMILES string of the molecule is c1ccc2sc(NC3CCCC3)nc2c1. The number of nitrogens with one attached hydrogen (secondary N) is 1. The van der Waals surface area contributed by atoms with E-state index in [1.807, 2.05) is 6.07 Å². The monoisotopic (exact) mass is 218 g/mol. The largest absolute Gasteiger partial charge is 0.359 e. The van der Waals surface area contributed by atoms with Gasteiger partial charge in [0.1, 0.15) is 0 Å². The molecule has 78 valence electrons. The van der Waals surface area contributed by atoms with Gasteiger partial charge in [-0.25, -0.2) is 4.98 Å². The molecule has 1 aliphatic rings. The molecule has 1 saturated carbocycles. The smallest absolute Gasteiger partial charge is 0.184 e.